The quantitative estimate of drug-likeness (QED) is 0.462. The number of fused-ring (bicyclic) bond motifs is 1. The minimum Gasteiger partial charge on any atom is -0.312 e. The number of carbonyl (C=O) groups is 1. The lowest BCUT2D eigenvalue weighted by Gasteiger charge is -2.03. The molecule has 3 aromatic rings. The molecule has 0 spiro atoms. The van der Waals surface area contributed by atoms with Gasteiger partial charge in [-0.25, -0.2) is 0 Å². The number of carbonyl (C=O) groups excluding carboxylic acids is 1. The zero-order chi connectivity index (χ0) is 17.6. The molecule has 0 saturated carbocycles. The summed E-state index contributed by atoms with van der Waals surface area (Å²) in [5, 5.41) is 0. The normalized spacial score (nSPS) is 11.8. The number of benzene rings is 2. The van der Waals surface area contributed by atoms with E-state index in [1.54, 1.807) is 23.1 Å². The van der Waals surface area contributed by atoms with Crippen molar-refractivity contribution in [1.29, 1.82) is 0 Å². The van der Waals surface area contributed by atoms with Crippen LogP contribution in [0.15, 0.2) is 71.1 Å². The second-order valence-electron chi connectivity index (χ2n) is 5.62. The van der Waals surface area contributed by atoms with Gasteiger partial charge in [0.25, 0.3) is 0 Å². The number of thioether (sulfide) groups is 1. The Balaban J connectivity index is 1.80. The number of hydrogen-bond acceptors (Lipinski definition) is 3. The summed E-state index contributed by atoms with van der Waals surface area (Å²) in [7, 11) is 0. The monoisotopic (exact) mass is 368 g/mol. The molecule has 0 N–H and O–H groups in total. The third-order valence-electron chi connectivity index (χ3n) is 3.76. The van der Waals surface area contributed by atoms with Crippen LogP contribution in [0.1, 0.15) is 12.0 Å². The summed E-state index contributed by atoms with van der Waals surface area (Å²) >= 11 is 3.24. The highest BCUT2D eigenvalue weighted by Gasteiger charge is 2.09. The van der Waals surface area contributed by atoms with E-state index < -0.39 is 0 Å². The first kappa shape index (κ1) is 17.7. The van der Waals surface area contributed by atoms with E-state index in [9.17, 15) is 4.79 Å². The number of allylic oxidation sites excluding steroid dienone is 1. The Labute approximate surface area is 155 Å². The highest BCUT2D eigenvalue weighted by atomic mass is 32.2. The van der Waals surface area contributed by atoms with Crippen molar-refractivity contribution in [2.75, 3.05) is 5.75 Å². The molecular weight excluding hydrogens is 348 g/mol. The Morgan fingerprint density at radius 3 is 2.80 bits per heavy atom. The molecule has 0 fully saturated rings. The molecule has 0 radical (unpaired) electrons. The van der Waals surface area contributed by atoms with E-state index in [0.29, 0.717) is 13.0 Å². The van der Waals surface area contributed by atoms with Crippen LogP contribution in [0.5, 0.6) is 0 Å². The summed E-state index contributed by atoms with van der Waals surface area (Å²) in [6.07, 6.45) is 2.27. The molecule has 0 bridgehead atoms. The van der Waals surface area contributed by atoms with E-state index in [2.05, 4.69) is 47.3 Å². The van der Waals surface area contributed by atoms with Gasteiger partial charge in [0.2, 0.25) is 5.91 Å². The van der Waals surface area contributed by atoms with E-state index in [4.69, 9.17) is 0 Å². The summed E-state index contributed by atoms with van der Waals surface area (Å²) in [6.45, 7) is 6.56. The Bertz CT molecular complexity index is 955. The molecule has 0 saturated heterocycles. The number of rotatable bonds is 6. The maximum atomic E-state index is 12.3. The zero-order valence-corrected chi connectivity index (χ0v) is 15.8. The van der Waals surface area contributed by atoms with Crippen molar-refractivity contribution in [3.63, 3.8) is 0 Å². The fraction of sp³-hybridized carbons (Fsp3) is 0.200. The summed E-state index contributed by atoms with van der Waals surface area (Å²) in [4.78, 5) is 18.6. The van der Waals surface area contributed by atoms with E-state index in [1.165, 1.54) is 10.5 Å². The number of amides is 1. The van der Waals surface area contributed by atoms with Gasteiger partial charge in [-0.1, -0.05) is 47.7 Å². The molecule has 25 heavy (non-hydrogen) atoms. The molecule has 0 unspecified atom stereocenters. The SMILES string of the molecule is C=CCn1c(=NC(=O)CCSc2ccccc2)sc2cccc(C)c21. The van der Waals surface area contributed by atoms with Crippen LogP contribution in [0.25, 0.3) is 10.2 Å². The number of hydrogen-bond donors (Lipinski definition) is 0. The van der Waals surface area contributed by atoms with Crippen LogP contribution in [-0.4, -0.2) is 16.2 Å². The molecule has 3 nitrogen and oxygen atoms in total. The fourth-order valence-corrected chi connectivity index (χ4v) is 4.62. The highest BCUT2D eigenvalue weighted by molar-refractivity contribution is 7.99. The van der Waals surface area contributed by atoms with Gasteiger partial charge in [0.15, 0.2) is 4.80 Å². The lowest BCUT2D eigenvalue weighted by Crippen LogP contribution is -2.16. The fourth-order valence-electron chi connectivity index (χ4n) is 2.63. The maximum absolute atomic E-state index is 12.3. The van der Waals surface area contributed by atoms with Crippen LogP contribution in [0.4, 0.5) is 0 Å². The van der Waals surface area contributed by atoms with Gasteiger partial charge in [0.1, 0.15) is 0 Å². The predicted molar refractivity (Wildman–Crippen MR) is 107 cm³/mol. The third-order valence-corrected chi connectivity index (χ3v) is 5.82. The van der Waals surface area contributed by atoms with Crippen molar-refractivity contribution in [2.24, 2.45) is 4.99 Å². The largest absolute Gasteiger partial charge is 0.312 e. The molecule has 0 aliphatic rings. The van der Waals surface area contributed by atoms with Gasteiger partial charge in [0, 0.05) is 23.6 Å². The number of aryl methyl sites for hydroxylation is 1. The van der Waals surface area contributed by atoms with E-state index in [0.717, 1.165) is 20.8 Å². The van der Waals surface area contributed by atoms with E-state index in [1.807, 2.05) is 30.3 Å². The van der Waals surface area contributed by atoms with Crippen LogP contribution >= 0.6 is 23.1 Å². The molecular formula is C20H20N2OS2. The van der Waals surface area contributed by atoms with Crippen molar-refractivity contribution in [1.82, 2.24) is 4.57 Å². The highest BCUT2D eigenvalue weighted by Crippen LogP contribution is 2.21. The lowest BCUT2D eigenvalue weighted by molar-refractivity contribution is -0.117. The van der Waals surface area contributed by atoms with Crippen molar-refractivity contribution < 1.29 is 4.79 Å². The molecule has 5 heteroatoms. The minimum absolute atomic E-state index is 0.0783. The van der Waals surface area contributed by atoms with E-state index in [-0.39, 0.29) is 5.91 Å². The Kier molecular flexibility index (Phi) is 5.89. The summed E-state index contributed by atoms with van der Waals surface area (Å²) in [6, 6.07) is 16.3. The Hall–Kier alpha value is -2.11. The standard InChI is InChI=1S/C20H20N2OS2/c1-3-13-22-19-15(2)8-7-11-17(19)25-20(22)21-18(23)12-14-24-16-9-5-4-6-10-16/h3-11H,1,12-14H2,2H3. The van der Waals surface area contributed by atoms with Crippen molar-refractivity contribution in [3.8, 4) is 0 Å². The molecule has 2 aromatic carbocycles. The molecule has 128 valence electrons. The average molecular weight is 369 g/mol. The molecule has 1 amide bonds. The number of nitrogens with zero attached hydrogens (tertiary/aromatic N) is 2. The second kappa shape index (κ2) is 8.32. The van der Waals surface area contributed by atoms with Crippen LogP contribution in [0, 0.1) is 6.92 Å². The van der Waals surface area contributed by atoms with Gasteiger partial charge in [-0.3, -0.25) is 4.79 Å². The Morgan fingerprint density at radius 1 is 1.24 bits per heavy atom. The van der Waals surface area contributed by atoms with Crippen LogP contribution in [-0.2, 0) is 11.3 Å². The van der Waals surface area contributed by atoms with Crippen LogP contribution in [0.3, 0.4) is 0 Å². The third kappa shape index (κ3) is 4.30. The first-order valence-corrected chi connectivity index (χ1v) is 9.94. The molecule has 0 aliphatic heterocycles. The first-order chi connectivity index (χ1) is 12.2. The van der Waals surface area contributed by atoms with Crippen molar-refractivity contribution in [2.45, 2.75) is 24.8 Å². The van der Waals surface area contributed by atoms with Gasteiger partial charge in [-0.15, -0.1) is 18.3 Å². The van der Waals surface area contributed by atoms with Crippen LogP contribution < -0.4 is 4.80 Å². The summed E-state index contributed by atoms with van der Waals surface area (Å²) < 4.78 is 3.22. The Morgan fingerprint density at radius 2 is 2.04 bits per heavy atom. The summed E-state index contributed by atoms with van der Waals surface area (Å²) in [5.74, 6) is 0.656. The van der Waals surface area contributed by atoms with Gasteiger partial charge in [0.05, 0.1) is 10.2 Å². The zero-order valence-electron chi connectivity index (χ0n) is 14.1. The van der Waals surface area contributed by atoms with Crippen molar-refractivity contribution in [3.05, 3.63) is 71.6 Å². The van der Waals surface area contributed by atoms with Gasteiger partial charge in [-0.05, 0) is 30.7 Å². The second-order valence-corrected chi connectivity index (χ2v) is 7.80. The molecule has 3 rings (SSSR count). The van der Waals surface area contributed by atoms with Gasteiger partial charge >= 0.3 is 0 Å². The minimum atomic E-state index is -0.0783. The maximum Gasteiger partial charge on any atom is 0.249 e. The topological polar surface area (TPSA) is 34.4 Å². The number of aromatic nitrogens is 1. The van der Waals surface area contributed by atoms with Crippen LogP contribution in [0.2, 0.25) is 0 Å². The molecule has 1 heterocycles. The predicted octanol–water partition coefficient (Wildman–Crippen LogP) is 4.81. The average Bonchev–Trinajstić information content (AvgIpc) is 2.95. The van der Waals surface area contributed by atoms with E-state index >= 15 is 0 Å². The number of thiazole rings is 1. The van der Waals surface area contributed by atoms with Gasteiger partial charge < -0.3 is 4.57 Å². The summed E-state index contributed by atoms with van der Waals surface area (Å²) in [5.41, 5.74) is 2.32. The number of para-hydroxylation sites is 1. The lowest BCUT2D eigenvalue weighted by atomic mass is 10.2. The van der Waals surface area contributed by atoms with Gasteiger partial charge in [-0.2, -0.15) is 4.99 Å². The first-order valence-electron chi connectivity index (χ1n) is 8.14. The molecule has 0 aliphatic carbocycles. The molecule has 0 atom stereocenters. The smallest absolute Gasteiger partial charge is 0.249 e. The molecule has 1 aromatic heterocycles. The van der Waals surface area contributed by atoms with Crippen molar-refractivity contribution >= 4 is 39.2 Å².